The normalized spacial score (nSPS) is 11.2. The Hall–Kier alpha value is -1.53. The third kappa shape index (κ3) is 8.60. The highest BCUT2D eigenvalue weighted by Gasteiger charge is 2.30. The Morgan fingerprint density at radius 3 is 2.22 bits per heavy atom. The third-order valence-electron chi connectivity index (χ3n) is 1.65. The van der Waals surface area contributed by atoms with Gasteiger partial charge in [0.25, 0.3) is 0 Å². The lowest BCUT2D eigenvalue weighted by Crippen LogP contribution is -2.21. The Bertz CT molecular complexity index is 321. The average Bonchev–Trinajstić information content (AvgIpc) is 2.20. The first-order valence-electron chi connectivity index (χ1n) is 5.23. The standard InChI is InChI=1S/C11H15F3O4/c1-7(2)18-9(15)5-4-8(3)10(16)17-6-11(12,13)14/h7H,3-6H2,1-2H3. The average molecular weight is 268 g/mol. The fourth-order valence-corrected chi connectivity index (χ4v) is 0.926. The summed E-state index contributed by atoms with van der Waals surface area (Å²) in [4.78, 5) is 22.2. The highest BCUT2D eigenvalue weighted by Crippen LogP contribution is 2.16. The van der Waals surface area contributed by atoms with E-state index in [0.717, 1.165) is 0 Å². The molecule has 0 spiro atoms. The van der Waals surface area contributed by atoms with E-state index in [1.807, 2.05) is 0 Å². The van der Waals surface area contributed by atoms with Crippen molar-refractivity contribution in [1.29, 1.82) is 0 Å². The van der Waals surface area contributed by atoms with Gasteiger partial charge in [-0.1, -0.05) is 6.58 Å². The number of carbonyl (C=O) groups is 2. The second-order valence-electron chi connectivity index (χ2n) is 3.83. The Morgan fingerprint density at radius 2 is 1.78 bits per heavy atom. The molecular formula is C11H15F3O4. The SMILES string of the molecule is C=C(CCC(=O)OC(C)C)C(=O)OCC(F)(F)F. The van der Waals surface area contributed by atoms with E-state index in [-0.39, 0.29) is 24.5 Å². The highest BCUT2D eigenvalue weighted by atomic mass is 19.4. The van der Waals surface area contributed by atoms with E-state index < -0.39 is 24.7 Å². The monoisotopic (exact) mass is 268 g/mol. The lowest BCUT2D eigenvalue weighted by Gasteiger charge is -2.10. The van der Waals surface area contributed by atoms with Gasteiger partial charge in [-0.3, -0.25) is 4.79 Å². The minimum Gasteiger partial charge on any atom is -0.463 e. The van der Waals surface area contributed by atoms with Crippen LogP contribution >= 0.6 is 0 Å². The summed E-state index contributed by atoms with van der Waals surface area (Å²) in [6, 6.07) is 0. The molecule has 0 N–H and O–H groups in total. The number of alkyl halides is 3. The highest BCUT2D eigenvalue weighted by molar-refractivity contribution is 5.88. The number of ether oxygens (including phenoxy) is 2. The predicted octanol–water partition coefficient (Wildman–Crippen LogP) is 2.38. The van der Waals surface area contributed by atoms with E-state index in [2.05, 4.69) is 11.3 Å². The Kier molecular flexibility index (Phi) is 6.43. The van der Waals surface area contributed by atoms with Crippen LogP contribution in [0.5, 0.6) is 0 Å². The molecule has 0 rings (SSSR count). The number of halogens is 3. The van der Waals surface area contributed by atoms with E-state index in [0.29, 0.717) is 0 Å². The van der Waals surface area contributed by atoms with Crippen molar-refractivity contribution in [2.45, 2.75) is 39.0 Å². The molecule has 0 aliphatic heterocycles. The van der Waals surface area contributed by atoms with Gasteiger partial charge in [0.15, 0.2) is 6.61 Å². The van der Waals surface area contributed by atoms with E-state index in [1.54, 1.807) is 13.8 Å². The molecule has 0 aromatic heterocycles. The van der Waals surface area contributed by atoms with Crippen molar-refractivity contribution in [2.75, 3.05) is 6.61 Å². The number of rotatable bonds is 6. The zero-order chi connectivity index (χ0) is 14.3. The lowest BCUT2D eigenvalue weighted by molar-refractivity contribution is -0.183. The van der Waals surface area contributed by atoms with Crippen LogP contribution in [-0.4, -0.2) is 30.8 Å². The van der Waals surface area contributed by atoms with Crippen LogP contribution < -0.4 is 0 Å². The molecule has 0 unspecified atom stereocenters. The van der Waals surface area contributed by atoms with Crippen LogP contribution in [0.15, 0.2) is 12.2 Å². The molecule has 4 nitrogen and oxygen atoms in total. The van der Waals surface area contributed by atoms with Gasteiger partial charge in [0, 0.05) is 12.0 Å². The lowest BCUT2D eigenvalue weighted by atomic mass is 10.2. The molecule has 7 heteroatoms. The maximum absolute atomic E-state index is 11.8. The van der Waals surface area contributed by atoms with Crippen LogP contribution in [0, 0.1) is 0 Å². The topological polar surface area (TPSA) is 52.6 Å². The summed E-state index contributed by atoms with van der Waals surface area (Å²) in [5, 5.41) is 0. The quantitative estimate of drug-likeness (QED) is 0.548. The van der Waals surface area contributed by atoms with Gasteiger partial charge in [0.1, 0.15) is 0 Å². The van der Waals surface area contributed by atoms with Gasteiger partial charge >= 0.3 is 18.1 Å². The summed E-state index contributed by atoms with van der Waals surface area (Å²) >= 11 is 0. The Balaban J connectivity index is 3.96. The van der Waals surface area contributed by atoms with Crippen LogP contribution in [0.4, 0.5) is 13.2 Å². The van der Waals surface area contributed by atoms with Gasteiger partial charge in [-0.15, -0.1) is 0 Å². The summed E-state index contributed by atoms with van der Waals surface area (Å²) in [6.45, 7) is 4.91. The van der Waals surface area contributed by atoms with Crippen molar-refractivity contribution < 1.29 is 32.2 Å². The minimum absolute atomic E-state index is 0.0950. The van der Waals surface area contributed by atoms with Crippen molar-refractivity contribution in [3.63, 3.8) is 0 Å². The van der Waals surface area contributed by atoms with E-state index in [4.69, 9.17) is 4.74 Å². The predicted molar refractivity (Wildman–Crippen MR) is 56.6 cm³/mol. The number of hydrogen-bond acceptors (Lipinski definition) is 4. The molecule has 0 saturated carbocycles. The van der Waals surface area contributed by atoms with E-state index >= 15 is 0 Å². The first-order chi connectivity index (χ1) is 8.11. The van der Waals surface area contributed by atoms with Crippen molar-refractivity contribution in [1.82, 2.24) is 0 Å². The fourth-order valence-electron chi connectivity index (χ4n) is 0.926. The first kappa shape index (κ1) is 16.5. The third-order valence-corrected chi connectivity index (χ3v) is 1.65. The van der Waals surface area contributed by atoms with Crippen LogP contribution in [0.2, 0.25) is 0 Å². The van der Waals surface area contributed by atoms with Crippen molar-refractivity contribution in [3.05, 3.63) is 12.2 Å². The van der Waals surface area contributed by atoms with Crippen molar-refractivity contribution in [2.24, 2.45) is 0 Å². The second kappa shape index (κ2) is 7.03. The van der Waals surface area contributed by atoms with Crippen molar-refractivity contribution in [3.8, 4) is 0 Å². The molecule has 0 atom stereocenters. The van der Waals surface area contributed by atoms with Gasteiger partial charge in [0.2, 0.25) is 0 Å². The fraction of sp³-hybridized carbons (Fsp3) is 0.636. The molecular weight excluding hydrogens is 253 g/mol. The Labute approximate surface area is 103 Å². The molecule has 0 saturated heterocycles. The van der Waals surface area contributed by atoms with Gasteiger partial charge < -0.3 is 9.47 Å². The minimum atomic E-state index is -4.58. The van der Waals surface area contributed by atoms with E-state index in [9.17, 15) is 22.8 Å². The zero-order valence-corrected chi connectivity index (χ0v) is 10.2. The largest absolute Gasteiger partial charge is 0.463 e. The second-order valence-corrected chi connectivity index (χ2v) is 3.83. The molecule has 0 aliphatic rings. The van der Waals surface area contributed by atoms with Crippen LogP contribution in [0.25, 0.3) is 0 Å². The molecule has 0 bridgehead atoms. The van der Waals surface area contributed by atoms with Gasteiger partial charge in [0.05, 0.1) is 6.10 Å². The summed E-state index contributed by atoms with van der Waals surface area (Å²) in [7, 11) is 0. The molecule has 0 aromatic carbocycles. The molecule has 0 aromatic rings. The van der Waals surface area contributed by atoms with Crippen molar-refractivity contribution >= 4 is 11.9 Å². The summed E-state index contributed by atoms with van der Waals surface area (Å²) in [5.41, 5.74) is -0.194. The molecule has 104 valence electrons. The maximum Gasteiger partial charge on any atom is 0.422 e. The number of carbonyl (C=O) groups excluding carboxylic acids is 2. The van der Waals surface area contributed by atoms with Crippen LogP contribution in [0.3, 0.4) is 0 Å². The number of hydrogen-bond donors (Lipinski definition) is 0. The summed E-state index contributed by atoms with van der Waals surface area (Å²) in [5.74, 6) is -1.71. The summed E-state index contributed by atoms with van der Waals surface area (Å²) in [6.07, 6.45) is -5.09. The van der Waals surface area contributed by atoms with Gasteiger partial charge in [-0.25, -0.2) is 4.79 Å². The molecule has 0 radical (unpaired) electrons. The smallest absolute Gasteiger partial charge is 0.422 e. The van der Waals surface area contributed by atoms with Gasteiger partial charge in [-0.05, 0) is 20.3 Å². The van der Waals surface area contributed by atoms with Crippen LogP contribution in [-0.2, 0) is 19.1 Å². The Morgan fingerprint density at radius 1 is 1.22 bits per heavy atom. The summed E-state index contributed by atoms with van der Waals surface area (Å²) < 4.78 is 44.0. The maximum atomic E-state index is 11.8. The molecule has 0 fully saturated rings. The first-order valence-corrected chi connectivity index (χ1v) is 5.23. The molecule has 18 heavy (non-hydrogen) atoms. The van der Waals surface area contributed by atoms with Crippen LogP contribution in [0.1, 0.15) is 26.7 Å². The molecule has 0 heterocycles. The van der Waals surface area contributed by atoms with Gasteiger partial charge in [-0.2, -0.15) is 13.2 Å². The number of esters is 2. The zero-order valence-electron chi connectivity index (χ0n) is 10.2. The van der Waals surface area contributed by atoms with E-state index in [1.165, 1.54) is 0 Å². The molecule has 0 aliphatic carbocycles. The molecule has 0 amide bonds.